The minimum Gasteiger partial charge on any atom is -0.491 e. The number of phosphoric ester groups is 1. The normalized spacial score (nSPS) is 19.1. The predicted octanol–water partition coefficient (Wildman–Crippen LogP) is 8.53. The highest BCUT2D eigenvalue weighted by atomic mass is 31.2. The quantitative estimate of drug-likeness (QED) is 0.0330. The molecule has 0 saturated heterocycles. The van der Waals surface area contributed by atoms with E-state index in [2.05, 4.69) is 64.6 Å². The number of benzene rings is 1. The molecule has 3 N–H and O–H groups in total. The van der Waals surface area contributed by atoms with E-state index in [0.717, 1.165) is 65.2 Å². The second kappa shape index (κ2) is 23.4. The third-order valence-corrected chi connectivity index (χ3v) is 10.6. The molecule has 12 heteroatoms. The number of rotatable bonds is 28. The SMILES string of the molecule is Cc1c(C)c2c(c(C)c1OCCOCCOCCOCC(O)COP(=O)(O)OO)CC[C@@](C)(CCC[C@H](C)CCC[C@H](C)CCCC(C)C)O2. The van der Waals surface area contributed by atoms with Crippen molar-refractivity contribution in [1.82, 2.24) is 0 Å². The van der Waals surface area contributed by atoms with Crippen LogP contribution in [0.5, 0.6) is 11.5 Å². The van der Waals surface area contributed by atoms with Crippen LogP contribution in [-0.2, 0) is 34.4 Å². The molecule has 0 fully saturated rings. The smallest absolute Gasteiger partial charge is 0.491 e. The number of hydrogen-bond donors (Lipinski definition) is 3. The molecular weight excluding hydrogens is 663 g/mol. The average molecular weight is 733 g/mol. The van der Waals surface area contributed by atoms with E-state index in [9.17, 15) is 9.67 Å². The van der Waals surface area contributed by atoms with E-state index in [1.54, 1.807) is 0 Å². The summed E-state index contributed by atoms with van der Waals surface area (Å²) in [5, 5.41) is 17.8. The molecule has 2 rings (SSSR count). The Kier molecular flexibility index (Phi) is 21.0. The fourth-order valence-corrected chi connectivity index (χ4v) is 7.00. The lowest BCUT2D eigenvalue weighted by Gasteiger charge is -2.38. The molecule has 5 atom stereocenters. The van der Waals surface area contributed by atoms with Crippen LogP contribution in [0.15, 0.2) is 0 Å². The van der Waals surface area contributed by atoms with Gasteiger partial charge >= 0.3 is 7.82 Å². The van der Waals surface area contributed by atoms with E-state index in [1.165, 1.54) is 56.9 Å². The van der Waals surface area contributed by atoms with Crippen molar-refractivity contribution in [3.8, 4) is 11.5 Å². The topological polar surface area (TPSA) is 142 Å². The zero-order valence-electron chi connectivity index (χ0n) is 32.3. The first-order chi connectivity index (χ1) is 23.7. The minimum absolute atomic E-state index is 0.132. The highest BCUT2D eigenvalue weighted by Gasteiger charge is 2.34. The summed E-state index contributed by atoms with van der Waals surface area (Å²) >= 11 is 0. The molecule has 0 spiro atoms. The maximum atomic E-state index is 11.0. The summed E-state index contributed by atoms with van der Waals surface area (Å²) in [4.78, 5) is 8.91. The van der Waals surface area contributed by atoms with Crippen LogP contribution in [0.4, 0.5) is 0 Å². The van der Waals surface area contributed by atoms with Crippen molar-refractivity contribution in [1.29, 1.82) is 0 Å². The van der Waals surface area contributed by atoms with Crippen LogP contribution in [0.1, 0.15) is 121 Å². The van der Waals surface area contributed by atoms with Gasteiger partial charge in [0.2, 0.25) is 0 Å². The van der Waals surface area contributed by atoms with Crippen LogP contribution < -0.4 is 9.47 Å². The lowest BCUT2D eigenvalue weighted by Crippen LogP contribution is -2.37. The number of aliphatic hydroxyl groups is 1. The Hall–Kier alpha value is -1.27. The predicted molar refractivity (Wildman–Crippen MR) is 196 cm³/mol. The van der Waals surface area contributed by atoms with Gasteiger partial charge in [-0.1, -0.05) is 72.6 Å². The van der Waals surface area contributed by atoms with Gasteiger partial charge in [0, 0.05) is 5.56 Å². The van der Waals surface area contributed by atoms with Crippen molar-refractivity contribution < 1.29 is 52.7 Å². The molecule has 1 aromatic carbocycles. The van der Waals surface area contributed by atoms with E-state index >= 15 is 0 Å². The molecule has 0 saturated carbocycles. The summed E-state index contributed by atoms with van der Waals surface area (Å²) in [6, 6.07) is 0. The van der Waals surface area contributed by atoms with Crippen LogP contribution in [0.25, 0.3) is 0 Å². The fraction of sp³-hybridized carbons (Fsp3) is 0.842. The van der Waals surface area contributed by atoms with E-state index in [4.69, 9.17) is 33.8 Å². The van der Waals surface area contributed by atoms with Gasteiger partial charge in [0.15, 0.2) is 0 Å². The van der Waals surface area contributed by atoms with Gasteiger partial charge in [0.25, 0.3) is 0 Å². The summed E-state index contributed by atoms with van der Waals surface area (Å²) in [6.45, 7) is 19.6. The van der Waals surface area contributed by atoms with Gasteiger partial charge in [-0.3, -0.25) is 4.52 Å². The van der Waals surface area contributed by atoms with Crippen LogP contribution in [0.3, 0.4) is 0 Å². The Morgan fingerprint density at radius 2 is 1.34 bits per heavy atom. The first-order valence-corrected chi connectivity index (χ1v) is 20.3. The second-order valence-corrected chi connectivity index (χ2v) is 16.4. The number of ether oxygens (including phenoxy) is 5. The van der Waals surface area contributed by atoms with Crippen LogP contribution in [0, 0.1) is 38.5 Å². The molecular formula is C38H69O11P. The largest absolute Gasteiger partial charge is 0.499 e. The molecule has 0 bridgehead atoms. The maximum absolute atomic E-state index is 11.0. The summed E-state index contributed by atoms with van der Waals surface area (Å²) in [6.07, 6.45) is 12.6. The summed E-state index contributed by atoms with van der Waals surface area (Å²) in [7, 11) is -4.55. The van der Waals surface area contributed by atoms with E-state index < -0.39 is 20.5 Å². The van der Waals surface area contributed by atoms with Gasteiger partial charge in [0.05, 0.1) is 46.2 Å². The standard InChI is InChI=1S/C38H69O11P/c1-28(2)12-9-13-29(3)14-10-15-30(4)16-11-18-38(8)19-17-35-33(7)36(31(5)32(6)37(35)48-38)46-25-24-44-21-20-43-22-23-45-26-34(39)27-47-50(41,42)49-40/h28-30,34,39-40H,9-27H2,1-8H3,(H,41,42)/t29-,30-,34?,38-/m1/s1. The zero-order chi connectivity index (χ0) is 37.2. The molecule has 0 radical (unpaired) electrons. The summed E-state index contributed by atoms with van der Waals surface area (Å²) in [5.74, 6) is 4.41. The van der Waals surface area contributed by atoms with Crippen LogP contribution in [0.2, 0.25) is 0 Å². The van der Waals surface area contributed by atoms with E-state index in [1.807, 2.05) is 0 Å². The molecule has 1 heterocycles. The third kappa shape index (κ3) is 17.0. The lowest BCUT2D eigenvalue weighted by atomic mass is 9.83. The Morgan fingerprint density at radius 3 is 1.94 bits per heavy atom. The Morgan fingerprint density at radius 1 is 0.780 bits per heavy atom. The maximum Gasteiger partial charge on any atom is 0.499 e. The molecule has 50 heavy (non-hydrogen) atoms. The highest BCUT2D eigenvalue weighted by Crippen LogP contribution is 2.45. The average Bonchev–Trinajstić information content (AvgIpc) is 3.06. The van der Waals surface area contributed by atoms with Crippen molar-refractivity contribution in [2.24, 2.45) is 17.8 Å². The van der Waals surface area contributed by atoms with Crippen LogP contribution >= 0.6 is 7.82 Å². The fourth-order valence-electron chi connectivity index (χ4n) is 6.59. The molecule has 1 aromatic rings. The van der Waals surface area contributed by atoms with Gasteiger partial charge < -0.3 is 33.7 Å². The number of phosphoric acid groups is 1. The molecule has 0 amide bonds. The molecule has 11 nitrogen and oxygen atoms in total. The number of hydrogen-bond acceptors (Lipinski definition) is 10. The van der Waals surface area contributed by atoms with Crippen molar-refractivity contribution in [2.45, 2.75) is 138 Å². The summed E-state index contributed by atoms with van der Waals surface area (Å²) in [5.41, 5.74) is 4.56. The highest BCUT2D eigenvalue weighted by molar-refractivity contribution is 7.47. The molecule has 1 aliphatic rings. The van der Waals surface area contributed by atoms with Gasteiger partial charge in [-0.15, -0.1) is 4.67 Å². The number of aliphatic hydroxyl groups excluding tert-OH is 1. The van der Waals surface area contributed by atoms with Crippen molar-refractivity contribution >= 4 is 7.82 Å². The van der Waals surface area contributed by atoms with E-state index in [-0.39, 0.29) is 25.4 Å². The molecule has 0 aromatic heterocycles. The van der Waals surface area contributed by atoms with Crippen molar-refractivity contribution in [3.05, 3.63) is 22.3 Å². The number of fused-ring (bicyclic) bond motifs is 1. The minimum atomic E-state index is -4.55. The first-order valence-electron chi connectivity index (χ1n) is 18.8. The summed E-state index contributed by atoms with van der Waals surface area (Å²) < 4.78 is 48.0. The van der Waals surface area contributed by atoms with Crippen molar-refractivity contribution in [2.75, 3.05) is 52.9 Å². The van der Waals surface area contributed by atoms with Crippen LogP contribution in [-0.4, -0.2) is 79.8 Å². The Balaban J connectivity index is 1.65. The first kappa shape index (κ1) is 44.9. The molecule has 0 aliphatic carbocycles. The zero-order valence-corrected chi connectivity index (χ0v) is 33.2. The monoisotopic (exact) mass is 732 g/mol. The second-order valence-electron chi connectivity index (χ2n) is 15.1. The lowest BCUT2D eigenvalue weighted by molar-refractivity contribution is -0.164. The van der Waals surface area contributed by atoms with Gasteiger partial charge in [-0.05, 0) is 87.8 Å². The molecule has 292 valence electrons. The molecule has 2 unspecified atom stereocenters. The Bertz CT molecular complexity index is 1150. The third-order valence-electron chi connectivity index (χ3n) is 9.90. The van der Waals surface area contributed by atoms with Crippen molar-refractivity contribution in [3.63, 3.8) is 0 Å². The molecule has 1 aliphatic heterocycles. The van der Waals surface area contributed by atoms with E-state index in [0.29, 0.717) is 26.4 Å². The van der Waals surface area contributed by atoms with Gasteiger partial charge in [-0.25, -0.2) is 9.82 Å². The van der Waals surface area contributed by atoms with Gasteiger partial charge in [-0.2, -0.15) is 0 Å². The van der Waals surface area contributed by atoms with Gasteiger partial charge in [0.1, 0.15) is 29.8 Å². The Labute approximate surface area is 302 Å².